The van der Waals surface area contributed by atoms with Crippen molar-refractivity contribution in [2.45, 2.75) is 0 Å². The van der Waals surface area contributed by atoms with Gasteiger partial charge in [0.05, 0.1) is 0 Å². The van der Waals surface area contributed by atoms with Crippen LogP contribution in [0.15, 0.2) is 54.9 Å². The summed E-state index contributed by atoms with van der Waals surface area (Å²) in [7, 11) is 0. The first kappa shape index (κ1) is 11.1. The van der Waals surface area contributed by atoms with Crippen LogP contribution >= 0.6 is 0 Å². The van der Waals surface area contributed by atoms with Gasteiger partial charge in [-0.2, -0.15) is 0 Å². The Balaban J connectivity index is 2.11. The number of ketones is 1. The highest BCUT2D eigenvalue weighted by atomic mass is 16.1. The van der Waals surface area contributed by atoms with Crippen LogP contribution in [0.2, 0.25) is 0 Å². The Morgan fingerprint density at radius 1 is 1.18 bits per heavy atom. The Hall–Kier alpha value is -2.42. The number of hydrogen-bond acceptors (Lipinski definition) is 3. The number of hydrogen-bond donors (Lipinski definition) is 1. The van der Waals surface area contributed by atoms with Gasteiger partial charge >= 0.3 is 0 Å². The van der Waals surface area contributed by atoms with E-state index in [1.165, 1.54) is 6.08 Å². The van der Waals surface area contributed by atoms with Crippen LogP contribution in [0.4, 0.5) is 5.69 Å². The van der Waals surface area contributed by atoms with Crippen LogP contribution < -0.4 is 5.73 Å². The maximum atomic E-state index is 11.7. The number of benzene rings is 1. The average Bonchev–Trinajstić information content (AvgIpc) is 2.39. The maximum absolute atomic E-state index is 11.7. The molecule has 2 N–H and O–H groups in total. The van der Waals surface area contributed by atoms with Gasteiger partial charge in [0.25, 0.3) is 0 Å². The van der Waals surface area contributed by atoms with E-state index in [-0.39, 0.29) is 5.78 Å². The van der Waals surface area contributed by atoms with E-state index in [4.69, 9.17) is 5.73 Å². The van der Waals surface area contributed by atoms with E-state index in [0.717, 1.165) is 5.56 Å². The molecule has 0 fully saturated rings. The lowest BCUT2D eigenvalue weighted by molar-refractivity contribution is 0.104. The number of nitrogens with two attached hydrogens (primary N) is 1. The highest BCUT2D eigenvalue weighted by Crippen LogP contribution is 2.08. The summed E-state index contributed by atoms with van der Waals surface area (Å²) in [5, 5.41) is 0. The standard InChI is InChI=1S/C14H12N2O/c15-13-6-3-11(4-7-13)5-8-14(17)12-2-1-9-16-10-12/h1-10H,15H2/b8-5-. The van der Waals surface area contributed by atoms with Gasteiger partial charge in [-0.3, -0.25) is 9.78 Å². The topological polar surface area (TPSA) is 56.0 Å². The molecule has 1 heterocycles. The second-order valence-corrected chi connectivity index (χ2v) is 3.61. The molecule has 1 aromatic carbocycles. The molecule has 2 aromatic rings. The Labute approximate surface area is 99.6 Å². The molecule has 0 aliphatic carbocycles. The summed E-state index contributed by atoms with van der Waals surface area (Å²) in [5.41, 5.74) is 7.81. The van der Waals surface area contributed by atoms with Gasteiger partial charge in [-0.1, -0.05) is 18.2 Å². The smallest absolute Gasteiger partial charge is 0.187 e. The third-order valence-electron chi connectivity index (χ3n) is 2.31. The number of rotatable bonds is 3. The summed E-state index contributed by atoms with van der Waals surface area (Å²) in [6.45, 7) is 0. The quantitative estimate of drug-likeness (QED) is 0.495. The van der Waals surface area contributed by atoms with Crippen molar-refractivity contribution >= 4 is 17.5 Å². The van der Waals surface area contributed by atoms with Gasteiger partial charge < -0.3 is 5.73 Å². The minimum atomic E-state index is -0.0603. The Morgan fingerprint density at radius 3 is 2.59 bits per heavy atom. The second kappa shape index (κ2) is 5.07. The van der Waals surface area contributed by atoms with Crippen LogP contribution in [-0.4, -0.2) is 10.8 Å². The minimum Gasteiger partial charge on any atom is -0.399 e. The van der Waals surface area contributed by atoms with E-state index < -0.39 is 0 Å². The molecule has 0 unspecified atom stereocenters. The zero-order valence-electron chi connectivity index (χ0n) is 9.21. The molecule has 3 nitrogen and oxygen atoms in total. The van der Waals surface area contributed by atoms with E-state index >= 15 is 0 Å². The number of aromatic nitrogens is 1. The van der Waals surface area contributed by atoms with Crippen molar-refractivity contribution in [1.29, 1.82) is 0 Å². The highest BCUT2D eigenvalue weighted by Gasteiger charge is 1.99. The molecule has 3 heteroatoms. The monoisotopic (exact) mass is 224 g/mol. The van der Waals surface area contributed by atoms with E-state index in [0.29, 0.717) is 11.3 Å². The molecule has 0 saturated heterocycles. The van der Waals surface area contributed by atoms with Gasteiger partial charge in [0, 0.05) is 23.6 Å². The second-order valence-electron chi connectivity index (χ2n) is 3.61. The summed E-state index contributed by atoms with van der Waals surface area (Å²) < 4.78 is 0. The fourth-order valence-electron chi connectivity index (χ4n) is 1.38. The summed E-state index contributed by atoms with van der Waals surface area (Å²) in [6, 6.07) is 10.8. The van der Waals surface area contributed by atoms with Crippen molar-refractivity contribution in [2.24, 2.45) is 0 Å². The molecule has 0 radical (unpaired) electrons. The third-order valence-corrected chi connectivity index (χ3v) is 2.31. The van der Waals surface area contributed by atoms with Gasteiger partial charge in [0.15, 0.2) is 5.78 Å². The molecule has 0 aliphatic heterocycles. The fraction of sp³-hybridized carbons (Fsp3) is 0. The van der Waals surface area contributed by atoms with Gasteiger partial charge in [0.2, 0.25) is 0 Å². The molecule has 0 spiro atoms. The molecular weight excluding hydrogens is 212 g/mol. The number of nitrogens with zero attached hydrogens (tertiary/aromatic N) is 1. The molecule has 0 bridgehead atoms. The van der Waals surface area contributed by atoms with Crippen molar-refractivity contribution in [2.75, 3.05) is 5.73 Å². The summed E-state index contributed by atoms with van der Waals surface area (Å²) in [5.74, 6) is -0.0603. The Morgan fingerprint density at radius 2 is 1.94 bits per heavy atom. The molecular formula is C14H12N2O. The fourth-order valence-corrected chi connectivity index (χ4v) is 1.38. The van der Waals surface area contributed by atoms with Gasteiger partial charge in [-0.15, -0.1) is 0 Å². The number of carbonyl (C=O) groups excluding carboxylic acids is 1. The average molecular weight is 224 g/mol. The van der Waals surface area contributed by atoms with Gasteiger partial charge in [-0.25, -0.2) is 0 Å². The number of anilines is 1. The summed E-state index contributed by atoms with van der Waals surface area (Å²) in [6.07, 6.45) is 6.48. The number of nitrogen functional groups attached to an aromatic ring is 1. The Kier molecular flexibility index (Phi) is 3.31. The lowest BCUT2D eigenvalue weighted by Crippen LogP contribution is -1.94. The van der Waals surface area contributed by atoms with Gasteiger partial charge in [0.1, 0.15) is 0 Å². The summed E-state index contributed by atoms with van der Waals surface area (Å²) >= 11 is 0. The van der Waals surface area contributed by atoms with Gasteiger partial charge in [-0.05, 0) is 35.9 Å². The molecule has 1 aromatic heterocycles. The number of carbonyl (C=O) groups is 1. The maximum Gasteiger partial charge on any atom is 0.187 e. The zero-order valence-corrected chi connectivity index (χ0v) is 9.21. The van der Waals surface area contributed by atoms with Crippen molar-refractivity contribution in [3.05, 3.63) is 66.0 Å². The van der Waals surface area contributed by atoms with Crippen LogP contribution in [0, 0.1) is 0 Å². The number of pyridine rings is 1. The van der Waals surface area contributed by atoms with Crippen LogP contribution in [-0.2, 0) is 0 Å². The molecule has 0 aliphatic rings. The lowest BCUT2D eigenvalue weighted by Gasteiger charge is -1.95. The minimum absolute atomic E-state index is 0.0603. The number of allylic oxidation sites excluding steroid dienone is 1. The first-order valence-corrected chi connectivity index (χ1v) is 5.24. The zero-order chi connectivity index (χ0) is 12.1. The molecule has 0 atom stereocenters. The van der Waals surface area contributed by atoms with Crippen LogP contribution in [0.3, 0.4) is 0 Å². The van der Waals surface area contributed by atoms with Crippen LogP contribution in [0.5, 0.6) is 0 Å². The highest BCUT2D eigenvalue weighted by molar-refractivity contribution is 6.06. The molecule has 17 heavy (non-hydrogen) atoms. The van der Waals surface area contributed by atoms with Crippen LogP contribution in [0.25, 0.3) is 6.08 Å². The normalized spacial score (nSPS) is 10.6. The van der Waals surface area contributed by atoms with E-state index in [2.05, 4.69) is 4.98 Å². The van der Waals surface area contributed by atoms with Crippen molar-refractivity contribution in [3.63, 3.8) is 0 Å². The summed E-state index contributed by atoms with van der Waals surface area (Å²) in [4.78, 5) is 15.6. The molecule has 0 saturated carbocycles. The van der Waals surface area contributed by atoms with E-state index in [9.17, 15) is 4.79 Å². The van der Waals surface area contributed by atoms with Crippen molar-refractivity contribution < 1.29 is 4.79 Å². The van der Waals surface area contributed by atoms with Crippen molar-refractivity contribution in [3.8, 4) is 0 Å². The van der Waals surface area contributed by atoms with E-state index in [1.807, 2.05) is 12.1 Å². The van der Waals surface area contributed by atoms with Crippen molar-refractivity contribution in [1.82, 2.24) is 4.98 Å². The predicted molar refractivity (Wildman–Crippen MR) is 68.5 cm³/mol. The largest absolute Gasteiger partial charge is 0.399 e. The lowest BCUT2D eigenvalue weighted by atomic mass is 10.1. The molecule has 0 amide bonds. The first-order valence-electron chi connectivity index (χ1n) is 5.24. The Bertz CT molecular complexity index is 530. The molecule has 2 rings (SSSR count). The first-order chi connectivity index (χ1) is 8.25. The predicted octanol–water partition coefficient (Wildman–Crippen LogP) is 2.56. The van der Waals surface area contributed by atoms with E-state index in [1.54, 1.807) is 42.7 Å². The van der Waals surface area contributed by atoms with Crippen LogP contribution in [0.1, 0.15) is 15.9 Å². The SMILES string of the molecule is Nc1ccc(/C=C\C(=O)c2cccnc2)cc1. The third kappa shape index (κ3) is 3.01. The molecule has 84 valence electrons.